The summed E-state index contributed by atoms with van der Waals surface area (Å²) in [5.74, 6) is 0. The van der Waals surface area contributed by atoms with Gasteiger partial charge >= 0.3 is 0 Å². The number of anilines is 1. The third-order valence-electron chi connectivity index (χ3n) is 3.75. The zero-order valence-corrected chi connectivity index (χ0v) is 11.6. The van der Waals surface area contributed by atoms with Crippen molar-refractivity contribution in [3.05, 3.63) is 29.8 Å². The molecule has 19 heavy (non-hydrogen) atoms. The largest absolute Gasteiger partial charge is 0.395 e. The van der Waals surface area contributed by atoms with Crippen LogP contribution in [0, 0.1) is 0 Å². The van der Waals surface area contributed by atoms with Crippen molar-refractivity contribution in [3.63, 3.8) is 0 Å². The first-order valence-corrected chi connectivity index (χ1v) is 7.07. The first-order chi connectivity index (χ1) is 9.20. The summed E-state index contributed by atoms with van der Waals surface area (Å²) in [5, 5.41) is 18.5. The Labute approximate surface area is 115 Å². The lowest BCUT2D eigenvalue weighted by molar-refractivity contribution is 0.199. The van der Waals surface area contributed by atoms with Crippen molar-refractivity contribution in [3.8, 4) is 0 Å². The van der Waals surface area contributed by atoms with Gasteiger partial charge in [-0.3, -0.25) is 4.90 Å². The Morgan fingerprint density at radius 1 is 1.11 bits per heavy atom. The maximum atomic E-state index is 9.52. The van der Waals surface area contributed by atoms with Crippen LogP contribution in [0.1, 0.15) is 25.0 Å². The highest BCUT2D eigenvalue weighted by Crippen LogP contribution is 2.20. The van der Waals surface area contributed by atoms with Gasteiger partial charge < -0.3 is 15.1 Å². The van der Waals surface area contributed by atoms with Crippen molar-refractivity contribution in [2.24, 2.45) is 0 Å². The summed E-state index contributed by atoms with van der Waals surface area (Å²) in [4.78, 5) is 4.69. The van der Waals surface area contributed by atoms with Crippen LogP contribution < -0.4 is 4.90 Å². The fourth-order valence-corrected chi connectivity index (χ4v) is 2.56. The van der Waals surface area contributed by atoms with Crippen molar-refractivity contribution >= 4 is 5.69 Å². The second-order valence-electron chi connectivity index (χ2n) is 5.17. The molecule has 1 atom stereocenters. The molecule has 0 amide bonds. The van der Waals surface area contributed by atoms with Crippen molar-refractivity contribution in [2.45, 2.75) is 19.4 Å². The van der Waals surface area contributed by atoms with Crippen LogP contribution in [0.2, 0.25) is 0 Å². The average molecular weight is 264 g/mol. The van der Waals surface area contributed by atoms with E-state index in [4.69, 9.17) is 5.11 Å². The van der Waals surface area contributed by atoms with Crippen molar-refractivity contribution in [2.75, 3.05) is 44.2 Å². The summed E-state index contributed by atoms with van der Waals surface area (Å²) in [7, 11) is 0. The Morgan fingerprint density at radius 3 is 2.47 bits per heavy atom. The molecule has 0 aromatic heterocycles. The van der Waals surface area contributed by atoms with E-state index in [0.29, 0.717) is 0 Å². The minimum atomic E-state index is -0.404. The molecule has 4 heteroatoms. The molecule has 1 aromatic carbocycles. The Hall–Kier alpha value is -1.10. The van der Waals surface area contributed by atoms with E-state index in [0.717, 1.165) is 44.7 Å². The molecule has 0 saturated carbocycles. The maximum absolute atomic E-state index is 9.52. The molecule has 2 rings (SSSR count). The van der Waals surface area contributed by atoms with Gasteiger partial charge in [-0.25, -0.2) is 0 Å². The third kappa shape index (κ3) is 3.93. The van der Waals surface area contributed by atoms with Crippen molar-refractivity contribution < 1.29 is 10.2 Å². The third-order valence-corrected chi connectivity index (χ3v) is 3.75. The van der Waals surface area contributed by atoms with Crippen LogP contribution in [0.3, 0.4) is 0 Å². The van der Waals surface area contributed by atoms with Gasteiger partial charge in [0.15, 0.2) is 0 Å². The molecule has 1 aromatic rings. The number of benzene rings is 1. The summed E-state index contributed by atoms with van der Waals surface area (Å²) in [6.07, 6.45) is 0.719. The van der Waals surface area contributed by atoms with Crippen LogP contribution in [0.25, 0.3) is 0 Å². The van der Waals surface area contributed by atoms with E-state index in [-0.39, 0.29) is 6.61 Å². The molecule has 1 aliphatic rings. The zero-order valence-electron chi connectivity index (χ0n) is 11.6. The van der Waals surface area contributed by atoms with E-state index in [1.807, 2.05) is 12.1 Å². The minimum absolute atomic E-state index is 0.239. The van der Waals surface area contributed by atoms with Gasteiger partial charge in [-0.1, -0.05) is 12.1 Å². The van der Waals surface area contributed by atoms with Gasteiger partial charge in [-0.2, -0.15) is 0 Å². The summed E-state index contributed by atoms with van der Waals surface area (Å²) in [6, 6.07) is 8.17. The Kier molecular flexibility index (Phi) is 5.19. The number of rotatable bonds is 4. The van der Waals surface area contributed by atoms with E-state index >= 15 is 0 Å². The van der Waals surface area contributed by atoms with Gasteiger partial charge in [0.05, 0.1) is 12.7 Å². The Balaban J connectivity index is 1.97. The van der Waals surface area contributed by atoms with E-state index in [9.17, 15) is 5.11 Å². The number of nitrogens with zero attached hydrogens (tertiary/aromatic N) is 2. The molecule has 0 radical (unpaired) electrons. The first kappa shape index (κ1) is 14.3. The van der Waals surface area contributed by atoms with Gasteiger partial charge in [-0.15, -0.1) is 0 Å². The normalized spacial score (nSPS) is 19.2. The van der Waals surface area contributed by atoms with Gasteiger partial charge in [0.25, 0.3) is 0 Å². The van der Waals surface area contributed by atoms with Crippen LogP contribution in [0.4, 0.5) is 5.69 Å². The first-order valence-electron chi connectivity index (χ1n) is 7.07. The van der Waals surface area contributed by atoms with Gasteiger partial charge in [0.2, 0.25) is 0 Å². The summed E-state index contributed by atoms with van der Waals surface area (Å²) in [5.41, 5.74) is 2.18. The predicted molar refractivity (Wildman–Crippen MR) is 77.4 cm³/mol. The average Bonchev–Trinajstić information content (AvgIpc) is 2.65. The Morgan fingerprint density at radius 2 is 1.84 bits per heavy atom. The number of hydrogen-bond acceptors (Lipinski definition) is 4. The predicted octanol–water partition coefficient (Wildman–Crippen LogP) is 1.24. The van der Waals surface area contributed by atoms with E-state index in [1.54, 1.807) is 6.92 Å². The molecule has 2 N–H and O–H groups in total. The molecular formula is C15H24N2O2. The monoisotopic (exact) mass is 264 g/mol. The smallest absolute Gasteiger partial charge is 0.0761 e. The molecule has 1 saturated heterocycles. The molecular weight excluding hydrogens is 240 g/mol. The number of hydrogen-bond donors (Lipinski definition) is 2. The van der Waals surface area contributed by atoms with Crippen LogP contribution >= 0.6 is 0 Å². The second-order valence-corrected chi connectivity index (χ2v) is 5.17. The molecule has 1 heterocycles. The van der Waals surface area contributed by atoms with E-state index < -0.39 is 6.10 Å². The van der Waals surface area contributed by atoms with Crippen LogP contribution in [-0.2, 0) is 0 Å². The molecule has 1 fully saturated rings. The zero-order chi connectivity index (χ0) is 13.7. The van der Waals surface area contributed by atoms with Crippen LogP contribution in [0.15, 0.2) is 24.3 Å². The van der Waals surface area contributed by atoms with Gasteiger partial charge in [0, 0.05) is 31.9 Å². The Bertz CT molecular complexity index is 378. The van der Waals surface area contributed by atoms with Crippen LogP contribution in [-0.4, -0.2) is 54.4 Å². The summed E-state index contributed by atoms with van der Waals surface area (Å²) >= 11 is 0. The van der Waals surface area contributed by atoms with E-state index in [1.165, 1.54) is 5.69 Å². The topological polar surface area (TPSA) is 46.9 Å². The lowest BCUT2D eigenvalue weighted by Gasteiger charge is -2.23. The molecule has 0 unspecified atom stereocenters. The molecule has 0 bridgehead atoms. The fraction of sp³-hybridized carbons (Fsp3) is 0.600. The lowest BCUT2D eigenvalue weighted by Crippen LogP contribution is -2.32. The second kappa shape index (κ2) is 6.89. The van der Waals surface area contributed by atoms with Crippen molar-refractivity contribution in [1.82, 2.24) is 4.90 Å². The minimum Gasteiger partial charge on any atom is -0.395 e. The maximum Gasteiger partial charge on any atom is 0.0761 e. The van der Waals surface area contributed by atoms with Crippen LogP contribution in [0.5, 0.6) is 0 Å². The SMILES string of the molecule is C[C@H](O)c1ccc(N2CCCN(CCO)CC2)cc1. The number of β-amino-alcohol motifs (C(OH)–C–C–N with tert-alkyl or cyclic N) is 1. The highest BCUT2D eigenvalue weighted by Gasteiger charge is 2.14. The quantitative estimate of drug-likeness (QED) is 0.859. The summed E-state index contributed by atoms with van der Waals surface area (Å²) < 4.78 is 0. The molecule has 0 spiro atoms. The highest BCUT2D eigenvalue weighted by molar-refractivity contribution is 5.48. The number of aliphatic hydroxyl groups excluding tert-OH is 2. The van der Waals surface area contributed by atoms with Gasteiger partial charge in [-0.05, 0) is 37.6 Å². The highest BCUT2D eigenvalue weighted by atomic mass is 16.3. The van der Waals surface area contributed by atoms with E-state index in [2.05, 4.69) is 21.9 Å². The molecule has 4 nitrogen and oxygen atoms in total. The van der Waals surface area contributed by atoms with Gasteiger partial charge in [0.1, 0.15) is 0 Å². The fourth-order valence-electron chi connectivity index (χ4n) is 2.56. The molecule has 0 aliphatic carbocycles. The summed E-state index contributed by atoms with van der Waals surface area (Å²) in [6.45, 7) is 6.90. The molecule has 1 aliphatic heterocycles. The standard InChI is InChI=1S/C15H24N2O2/c1-13(19)14-3-5-15(6-4-14)17-8-2-7-16(9-10-17)11-12-18/h3-6,13,18-19H,2,7-12H2,1H3/t13-/m0/s1. The molecule has 106 valence electrons. The number of aliphatic hydroxyl groups is 2. The lowest BCUT2D eigenvalue weighted by atomic mass is 10.1. The van der Waals surface area contributed by atoms with Crippen molar-refractivity contribution in [1.29, 1.82) is 0 Å².